The molecule has 3 rings (SSSR count). The van der Waals surface area contributed by atoms with E-state index in [4.69, 9.17) is 0 Å². The van der Waals surface area contributed by atoms with Crippen molar-refractivity contribution in [1.29, 1.82) is 0 Å². The SMILES string of the molecule is Cc1cnn(-c2cnn3c2CNCC3)c1. The van der Waals surface area contributed by atoms with Crippen LogP contribution < -0.4 is 5.32 Å². The van der Waals surface area contributed by atoms with Gasteiger partial charge in [-0.05, 0) is 12.5 Å². The Balaban J connectivity index is 2.08. The second-order valence-corrected chi connectivity index (χ2v) is 3.84. The molecule has 3 heterocycles. The number of fused-ring (bicyclic) bond motifs is 1. The van der Waals surface area contributed by atoms with Gasteiger partial charge in [0.05, 0.1) is 24.6 Å². The van der Waals surface area contributed by atoms with E-state index in [0.29, 0.717) is 0 Å². The highest BCUT2D eigenvalue weighted by Gasteiger charge is 2.15. The summed E-state index contributed by atoms with van der Waals surface area (Å²) in [6.45, 7) is 4.84. The number of nitrogens with one attached hydrogen (secondary N) is 1. The Kier molecular flexibility index (Phi) is 1.85. The number of hydrogen-bond donors (Lipinski definition) is 1. The average Bonchev–Trinajstić information content (AvgIpc) is 2.83. The number of rotatable bonds is 1. The lowest BCUT2D eigenvalue weighted by molar-refractivity contribution is 0.474. The van der Waals surface area contributed by atoms with Crippen LogP contribution >= 0.6 is 0 Å². The Labute approximate surface area is 87.7 Å². The fourth-order valence-electron chi connectivity index (χ4n) is 1.90. The third-order valence-corrected chi connectivity index (χ3v) is 2.68. The van der Waals surface area contributed by atoms with Crippen LogP contribution in [-0.4, -0.2) is 26.1 Å². The van der Waals surface area contributed by atoms with Crippen LogP contribution in [0.25, 0.3) is 5.69 Å². The standard InChI is InChI=1S/C10H13N5/c1-8-4-12-15(7-8)10-6-13-14-3-2-11-5-9(10)14/h4,6-7,11H,2-3,5H2,1H3. The quantitative estimate of drug-likeness (QED) is 0.733. The van der Waals surface area contributed by atoms with E-state index >= 15 is 0 Å². The molecule has 0 atom stereocenters. The van der Waals surface area contributed by atoms with E-state index in [1.54, 1.807) is 0 Å². The molecule has 5 heteroatoms. The molecule has 0 aliphatic carbocycles. The molecule has 0 unspecified atom stereocenters. The van der Waals surface area contributed by atoms with Crippen LogP contribution in [0.5, 0.6) is 0 Å². The van der Waals surface area contributed by atoms with Crippen molar-refractivity contribution in [3.8, 4) is 5.69 Å². The summed E-state index contributed by atoms with van der Waals surface area (Å²) in [6, 6.07) is 0. The maximum Gasteiger partial charge on any atom is 0.107 e. The molecule has 1 aliphatic rings. The summed E-state index contributed by atoms with van der Waals surface area (Å²) in [4.78, 5) is 0. The molecule has 0 fully saturated rings. The van der Waals surface area contributed by atoms with Gasteiger partial charge >= 0.3 is 0 Å². The zero-order valence-electron chi connectivity index (χ0n) is 8.64. The van der Waals surface area contributed by atoms with Gasteiger partial charge < -0.3 is 5.32 Å². The van der Waals surface area contributed by atoms with Gasteiger partial charge in [0, 0.05) is 19.3 Å². The van der Waals surface area contributed by atoms with Crippen LogP contribution in [0.3, 0.4) is 0 Å². The van der Waals surface area contributed by atoms with Crippen LogP contribution in [0.4, 0.5) is 0 Å². The second-order valence-electron chi connectivity index (χ2n) is 3.84. The molecule has 0 bridgehead atoms. The Morgan fingerprint density at radius 1 is 1.33 bits per heavy atom. The smallest absolute Gasteiger partial charge is 0.107 e. The van der Waals surface area contributed by atoms with Crippen molar-refractivity contribution >= 4 is 0 Å². The van der Waals surface area contributed by atoms with Crippen LogP contribution in [0.15, 0.2) is 18.6 Å². The third kappa shape index (κ3) is 1.35. The molecule has 0 radical (unpaired) electrons. The zero-order chi connectivity index (χ0) is 10.3. The molecule has 2 aromatic rings. The van der Waals surface area contributed by atoms with Crippen LogP contribution in [0, 0.1) is 6.92 Å². The van der Waals surface area contributed by atoms with Gasteiger partial charge in [-0.1, -0.05) is 0 Å². The maximum atomic E-state index is 4.36. The zero-order valence-corrected chi connectivity index (χ0v) is 8.64. The maximum absolute atomic E-state index is 4.36. The number of hydrogen-bond acceptors (Lipinski definition) is 3. The first-order chi connectivity index (χ1) is 7.34. The van der Waals surface area contributed by atoms with E-state index in [0.717, 1.165) is 25.3 Å². The third-order valence-electron chi connectivity index (χ3n) is 2.68. The molecule has 0 spiro atoms. The summed E-state index contributed by atoms with van der Waals surface area (Å²) in [5.74, 6) is 0. The van der Waals surface area contributed by atoms with Gasteiger partial charge in [-0.15, -0.1) is 0 Å². The highest BCUT2D eigenvalue weighted by Crippen LogP contribution is 2.15. The lowest BCUT2D eigenvalue weighted by atomic mass is 10.3. The average molecular weight is 203 g/mol. The molecular formula is C10H13N5. The van der Waals surface area contributed by atoms with Gasteiger partial charge in [0.25, 0.3) is 0 Å². The Morgan fingerprint density at radius 2 is 2.27 bits per heavy atom. The number of aromatic nitrogens is 4. The molecule has 0 amide bonds. The molecule has 0 aromatic carbocycles. The fraction of sp³-hybridized carbons (Fsp3) is 0.400. The van der Waals surface area contributed by atoms with Crippen molar-refractivity contribution in [2.45, 2.75) is 20.0 Å². The van der Waals surface area contributed by atoms with Crippen LogP contribution in [-0.2, 0) is 13.1 Å². The van der Waals surface area contributed by atoms with Gasteiger partial charge in [-0.2, -0.15) is 10.2 Å². The second kappa shape index (κ2) is 3.20. The first kappa shape index (κ1) is 8.67. The van der Waals surface area contributed by atoms with Gasteiger partial charge in [-0.25, -0.2) is 4.68 Å². The largest absolute Gasteiger partial charge is 0.309 e. The Bertz CT molecular complexity index is 482. The summed E-state index contributed by atoms with van der Waals surface area (Å²) < 4.78 is 3.93. The highest BCUT2D eigenvalue weighted by atomic mass is 15.4. The minimum absolute atomic E-state index is 0.869. The summed E-state index contributed by atoms with van der Waals surface area (Å²) >= 11 is 0. The highest BCUT2D eigenvalue weighted by molar-refractivity contribution is 5.35. The molecule has 2 aromatic heterocycles. The van der Waals surface area contributed by atoms with E-state index in [1.807, 2.05) is 34.9 Å². The van der Waals surface area contributed by atoms with Crippen molar-refractivity contribution in [1.82, 2.24) is 24.9 Å². The fourth-order valence-corrected chi connectivity index (χ4v) is 1.90. The lowest BCUT2D eigenvalue weighted by Crippen LogP contribution is -2.29. The predicted octanol–water partition coefficient (Wildman–Crippen LogP) is 0.480. The molecule has 1 aliphatic heterocycles. The van der Waals surface area contributed by atoms with Gasteiger partial charge in [0.1, 0.15) is 5.69 Å². The normalized spacial score (nSPS) is 15.3. The summed E-state index contributed by atoms with van der Waals surface area (Å²) in [7, 11) is 0. The minimum Gasteiger partial charge on any atom is -0.309 e. The Morgan fingerprint density at radius 3 is 3.07 bits per heavy atom. The lowest BCUT2D eigenvalue weighted by Gasteiger charge is -2.15. The van der Waals surface area contributed by atoms with Gasteiger partial charge in [0.15, 0.2) is 0 Å². The Hall–Kier alpha value is -1.62. The van der Waals surface area contributed by atoms with E-state index < -0.39 is 0 Å². The first-order valence-corrected chi connectivity index (χ1v) is 5.11. The summed E-state index contributed by atoms with van der Waals surface area (Å²) in [6.07, 6.45) is 5.77. The van der Waals surface area contributed by atoms with Crippen molar-refractivity contribution in [2.24, 2.45) is 0 Å². The molecule has 78 valence electrons. The number of nitrogens with zero attached hydrogens (tertiary/aromatic N) is 4. The van der Waals surface area contributed by atoms with Crippen molar-refractivity contribution in [2.75, 3.05) is 6.54 Å². The van der Waals surface area contributed by atoms with Crippen LogP contribution in [0.2, 0.25) is 0 Å². The molecule has 1 N–H and O–H groups in total. The molecule has 5 nitrogen and oxygen atoms in total. The van der Waals surface area contributed by atoms with Crippen molar-refractivity contribution < 1.29 is 0 Å². The molecule has 0 saturated carbocycles. The van der Waals surface area contributed by atoms with E-state index in [-0.39, 0.29) is 0 Å². The summed E-state index contributed by atoms with van der Waals surface area (Å²) in [5, 5.41) is 12.0. The van der Waals surface area contributed by atoms with E-state index in [2.05, 4.69) is 15.5 Å². The molecule has 0 saturated heterocycles. The van der Waals surface area contributed by atoms with E-state index in [1.165, 1.54) is 11.3 Å². The molecular weight excluding hydrogens is 190 g/mol. The topological polar surface area (TPSA) is 47.7 Å². The first-order valence-electron chi connectivity index (χ1n) is 5.11. The number of aryl methyl sites for hydroxylation is 1. The monoisotopic (exact) mass is 203 g/mol. The van der Waals surface area contributed by atoms with E-state index in [9.17, 15) is 0 Å². The van der Waals surface area contributed by atoms with Crippen molar-refractivity contribution in [3.63, 3.8) is 0 Å². The van der Waals surface area contributed by atoms with Gasteiger partial charge in [-0.3, -0.25) is 4.68 Å². The van der Waals surface area contributed by atoms with Crippen LogP contribution in [0.1, 0.15) is 11.3 Å². The molecule has 15 heavy (non-hydrogen) atoms. The predicted molar refractivity (Wildman–Crippen MR) is 55.8 cm³/mol. The van der Waals surface area contributed by atoms with Gasteiger partial charge in [0.2, 0.25) is 0 Å². The summed E-state index contributed by atoms with van der Waals surface area (Å²) in [5.41, 5.74) is 3.46. The van der Waals surface area contributed by atoms with Crippen molar-refractivity contribution in [3.05, 3.63) is 29.8 Å². The minimum atomic E-state index is 0.869.